The minimum Gasteiger partial charge on any atom is -0.394 e. The zero-order valence-electron chi connectivity index (χ0n) is 19.2. The number of alkyl halides is 3. The van der Waals surface area contributed by atoms with E-state index in [4.69, 9.17) is 11.6 Å². The second kappa shape index (κ2) is 9.43. The zero-order valence-corrected chi connectivity index (χ0v) is 19.9. The Morgan fingerprint density at radius 3 is 2.26 bits per heavy atom. The molecule has 34 heavy (non-hydrogen) atoms. The van der Waals surface area contributed by atoms with Gasteiger partial charge in [-0.1, -0.05) is 48.0 Å². The van der Waals surface area contributed by atoms with Gasteiger partial charge in [0, 0.05) is 19.2 Å². The average molecular weight is 497 g/mol. The Bertz CT molecular complexity index is 1200. The molecule has 0 aliphatic rings. The molecule has 1 heterocycles. The number of aliphatic hydroxyl groups is 1. The molecule has 9 heteroatoms. The highest BCUT2D eigenvalue weighted by atomic mass is 35.5. The van der Waals surface area contributed by atoms with Crippen LogP contribution in [0.5, 0.6) is 0 Å². The molecular weight excluding hydrogens is 472 g/mol. The van der Waals surface area contributed by atoms with Gasteiger partial charge in [0.15, 0.2) is 0 Å². The summed E-state index contributed by atoms with van der Waals surface area (Å²) in [7, 11) is 1.42. The van der Waals surface area contributed by atoms with Crippen molar-refractivity contribution in [2.24, 2.45) is 0 Å². The minimum absolute atomic E-state index is 0.00995. The van der Waals surface area contributed by atoms with Crippen molar-refractivity contribution in [3.05, 3.63) is 81.9 Å². The molecule has 0 spiro atoms. The van der Waals surface area contributed by atoms with Gasteiger partial charge in [0.2, 0.25) is 0 Å². The Balaban J connectivity index is 2.40. The van der Waals surface area contributed by atoms with Gasteiger partial charge in [-0.05, 0) is 49.6 Å². The first-order chi connectivity index (χ1) is 15.8. The summed E-state index contributed by atoms with van der Waals surface area (Å²) in [4.78, 5) is 14.9. The topological polar surface area (TPSA) is 45.5 Å². The van der Waals surface area contributed by atoms with Gasteiger partial charge in [-0.15, -0.1) is 0 Å². The minimum atomic E-state index is -4.78. The van der Waals surface area contributed by atoms with Gasteiger partial charge in [0.25, 0.3) is 5.91 Å². The Morgan fingerprint density at radius 1 is 1.12 bits per heavy atom. The number of hydrogen-bond acceptors (Lipinski definition) is 2. The van der Waals surface area contributed by atoms with Crippen LogP contribution in [-0.4, -0.2) is 39.7 Å². The zero-order chi connectivity index (χ0) is 25.4. The third-order valence-corrected chi connectivity index (χ3v) is 6.26. The number of carbonyl (C=O) groups is 1. The molecule has 0 atom stereocenters. The van der Waals surface area contributed by atoms with Crippen LogP contribution in [0, 0.1) is 12.7 Å². The highest BCUT2D eigenvalue weighted by Gasteiger charge is 2.42. The first-order valence-electron chi connectivity index (χ1n) is 10.5. The molecular formula is C25H25ClF4N2O2. The third kappa shape index (κ3) is 4.83. The van der Waals surface area contributed by atoms with Gasteiger partial charge in [0.1, 0.15) is 17.2 Å². The summed E-state index contributed by atoms with van der Waals surface area (Å²) in [5.74, 6) is -1.45. The monoisotopic (exact) mass is 496 g/mol. The van der Waals surface area contributed by atoms with Crippen molar-refractivity contribution in [3.63, 3.8) is 0 Å². The standard InChI is InChI=1S/C25H25ClF4N2O2/c1-15-20(17-10-11-19(27)18(26)12-17)21(23(34)31(4)24(2,3)14-33)32(22(15)25(28,29)30)13-16-8-6-5-7-9-16/h5-12,33H,13-14H2,1-4H3. The third-order valence-electron chi connectivity index (χ3n) is 5.97. The maximum atomic E-state index is 14.4. The number of halogens is 5. The molecule has 3 rings (SSSR count). The van der Waals surface area contributed by atoms with Crippen molar-refractivity contribution >= 4 is 17.5 Å². The van der Waals surface area contributed by atoms with E-state index in [9.17, 15) is 27.5 Å². The molecule has 2 aromatic carbocycles. The molecule has 1 N–H and O–H groups in total. The van der Waals surface area contributed by atoms with Gasteiger partial charge >= 0.3 is 6.18 Å². The molecule has 0 saturated carbocycles. The molecule has 1 amide bonds. The lowest BCUT2D eigenvalue weighted by atomic mass is 9.98. The predicted molar refractivity (Wildman–Crippen MR) is 123 cm³/mol. The maximum Gasteiger partial charge on any atom is 0.431 e. The molecule has 0 aliphatic heterocycles. The van der Waals surface area contributed by atoms with Crippen LogP contribution in [0.3, 0.4) is 0 Å². The number of aliphatic hydroxyl groups excluding tert-OH is 1. The largest absolute Gasteiger partial charge is 0.431 e. The molecule has 0 bridgehead atoms. The smallest absolute Gasteiger partial charge is 0.394 e. The van der Waals surface area contributed by atoms with E-state index in [1.54, 1.807) is 44.2 Å². The van der Waals surface area contributed by atoms with Crippen LogP contribution in [0.15, 0.2) is 48.5 Å². The van der Waals surface area contributed by atoms with Gasteiger partial charge in [-0.2, -0.15) is 13.2 Å². The van der Waals surface area contributed by atoms with Gasteiger partial charge < -0.3 is 14.6 Å². The number of aromatic nitrogens is 1. The highest BCUT2D eigenvalue weighted by molar-refractivity contribution is 6.31. The second-order valence-corrected chi connectivity index (χ2v) is 9.14. The first kappa shape index (κ1) is 25.8. The van der Waals surface area contributed by atoms with Crippen molar-refractivity contribution < 1.29 is 27.5 Å². The predicted octanol–water partition coefficient (Wildman–Crippen LogP) is 6.17. The Hall–Kier alpha value is -2.84. The average Bonchev–Trinajstić information content (AvgIpc) is 3.07. The van der Waals surface area contributed by atoms with Gasteiger partial charge in [-0.3, -0.25) is 4.79 Å². The van der Waals surface area contributed by atoms with Crippen LogP contribution in [0.1, 0.15) is 41.2 Å². The number of carbonyl (C=O) groups excluding carboxylic acids is 1. The van der Waals surface area contributed by atoms with Crippen molar-refractivity contribution in [3.8, 4) is 11.1 Å². The van der Waals surface area contributed by atoms with E-state index in [-0.39, 0.29) is 34.0 Å². The van der Waals surface area contributed by atoms with Crippen LogP contribution in [-0.2, 0) is 12.7 Å². The first-order valence-corrected chi connectivity index (χ1v) is 10.9. The fraction of sp³-hybridized carbons (Fsp3) is 0.320. The number of nitrogens with zero attached hydrogens (tertiary/aromatic N) is 2. The van der Waals surface area contributed by atoms with E-state index in [0.29, 0.717) is 5.56 Å². The number of likely N-dealkylation sites (N-methyl/N-ethyl adjacent to an activating group) is 1. The van der Waals surface area contributed by atoms with E-state index in [1.807, 2.05) is 0 Å². The quantitative estimate of drug-likeness (QED) is 0.415. The molecule has 0 aliphatic carbocycles. The van der Waals surface area contributed by atoms with E-state index < -0.39 is 35.7 Å². The fourth-order valence-electron chi connectivity index (χ4n) is 3.80. The Labute approximate surface area is 200 Å². The summed E-state index contributed by atoms with van der Waals surface area (Å²) in [5.41, 5.74) is -1.68. The lowest BCUT2D eigenvalue weighted by Crippen LogP contribution is -2.48. The fourth-order valence-corrected chi connectivity index (χ4v) is 3.98. The molecule has 0 fully saturated rings. The SMILES string of the molecule is Cc1c(-c2ccc(F)c(Cl)c2)c(C(=O)N(C)C(C)(C)CO)n(Cc2ccccc2)c1C(F)(F)F. The normalized spacial score (nSPS) is 12.2. The second-order valence-electron chi connectivity index (χ2n) is 8.73. The number of benzene rings is 2. The molecule has 0 saturated heterocycles. The summed E-state index contributed by atoms with van der Waals surface area (Å²) >= 11 is 5.94. The maximum absolute atomic E-state index is 14.4. The number of hydrogen-bond donors (Lipinski definition) is 1. The molecule has 182 valence electrons. The summed E-state index contributed by atoms with van der Waals surface area (Å²) < 4.78 is 57.9. The number of rotatable bonds is 6. The summed E-state index contributed by atoms with van der Waals surface area (Å²) in [6, 6.07) is 12.0. The lowest BCUT2D eigenvalue weighted by molar-refractivity contribution is -0.143. The van der Waals surface area contributed by atoms with Gasteiger partial charge in [0.05, 0.1) is 17.2 Å². The van der Waals surface area contributed by atoms with E-state index in [0.717, 1.165) is 10.6 Å². The summed E-state index contributed by atoms with van der Waals surface area (Å²) in [6.07, 6.45) is -4.78. The summed E-state index contributed by atoms with van der Waals surface area (Å²) in [6.45, 7) is 3.85. The van der Waals surface area contributed by atoms with Crippen molar-refractivity contribution in [2.45, 2.75) is 39.0 Å². The van der Waals surface area contributed by atoms with Crippen LogP contribution >= 0.6 is 11.6 Å². The Morgan fingerprint density at radius 2 is 1.74 bits per heavy atom. The molecule has 4 nitrogen and oxygen atoms in total. The molecule has 0 unspecified atom stereocenters. The van der Waals surface area contributed by atoms with Crippen molar-refractivity contribution in [2.75, 3.05) is 13.7 Å². The van der Waals surface area contributed by atoms with Crippen molar-refractivity contribution in [1.82, 2.24) is 9.47 Å². The van der Waals surface area contributed by atoms with Crippen molar-refractivity contribution in [1.29, 1.82) is 0 Å². The molecule has 3 aromatic rings. The van der Waals surface area contributed by atoms with E-state index in [1.165, 1.54) is 31.0 Å². The lowest BCUT2D eigenvalue weighted by Gasteiger charge is -2.34. The van der Waals surface area contributed by atoms with E-state index >= 15 is 0 Å². The summed E-state index contributed by atoms with van der Waals surface area (Å²) in [5, 5.41) is 9.49. The highest BCUT2D eigenvalue weighted by Crippen LogP contribution is 2.42. The van der Waals surface area contributed by atoms with Crippen LogP contribution in [0.2, 0.25) is 5.02 Å². The van der Waals surface area contributed by atoms with E-state index in [2.05, 4.69) is 0 Å². The molecule has 1 aromatic heterocycles. The molecule has 0 radical (unpaired) electrons. The van der Waals surface area contributed by atoms with Crippen LogP contribution < -0.4 is 0 Å². The van der Waals surface area contributed by atoms with Crippen LogP contribution in [0.25, 0.3) is 11.1 Å². The van der Waals surface area contributed by atoms with Crippen LogP contribution in [0.4, 0.5) is 17.6 Å². The number of amides is 1. The Kier molecular flexibility index (Phi) is 7.15. The van der Waals surface area contributed by atoms with Gasteiger partial charge in [-0.25, -0.2) is 4.39 Å².